The van der Waals surface area contributed by atoms with Crippen LogP contribution < -0.4 is 5.32 Å². The van der Waals surface area contributed by atoms with Gasteiger partial charge in [0.2, 0.25) is 0 Å². The summed E-state index contributed by atoms with van der Waals surface area (Å²) in [4.78, 5) is 27.0. The minimum Gasteiger partial charge on any atom is -0.460 e. The molecule has 2 amide bonds. The van der Waals surface area contributed by atoms with Crippen molar-refractivity contribution in [3.8, 4) is 0 Å². The smallest absolute Gasteiger partial charge is 0.333 e. The highest BCUT2D eigenvalue weighted by Gasteiger charge is 2.19. The molecule has 1 saturated heterocycles. The highest BCUT2D eigenvalue weighted by molar-refractivity contribution is 5.86. The van der Waals surface area contributed by atoms with Gasteiger partial charge in [0.25, 0.3) is 0 Å². The molecule has 1 aliphatic rings. The molecule has 0 aromatic heterocycles. The van der Waals surface area contributed by atoms with E-state index in [4.69, 9.17) is 4.74 Å². The van der Waals surface area contributed by atoms with Crippen LogP contribution in [0.4, 0.5) is 4.79 Å². The SMILES string of the molecule is C=C(C)C(=O)OCCNC(=O)N1CCN(CC)CC1. The summed E-state index contributed by atoms with van der Waals surface area (Å²) in [7, 11) is 0. The monoisotopic (exact) mass is 269 g/mol. The van der Waals surface area contributed by atoms with Crippen molar-refractivity contribution in [2.45, 2.75) is 13.8 Å². The van der Waals surface area contributed by atoms with Crippen LogP contribution >= 0.6 is 0 Å². The first kappa shape index (κ1) is 15.5. The maximum absolute atomic E-state index is 11.8. The zero-order valence-corrected chi connectivity index (χ0v) is 11.8. The Morgan fingerprint density at radius 3 is 2.42 bits per heavy atom. The number of urea groups is 1. The Morgan fingerprint density at radius 2 is 1.89 bits per heavy atom. The van der Waals surface area contributed by atoms with Crippen LogP contribution in [0.15, 0.2) is 12.2 Å². The van der Waals surface area contributed by atoms with Gasteiger partial charge in [0, 0.05) is 31.8 Å². The minimum atomic E-state index is -0.425. The molecule has 0 atom stereocenters. The lowest BCUT2D eigenvalue weighted by molar-refractivity contribution is -0.138. The zero-order chi connectivity index (χ0) is 14.3. The first-order valence-corrected chi connectivity index (χ1v) is 6.62. The molecule has 19 heavy (non-hydrogen) atoms. The van der Waals surface area contributed by atoms with Gasteiger partial charge < -0.3 is 19.9 Å². The highest BCUT2D eigenvalue weighted by atomic mass is 16.5. The number of hydrogen-bond acceptors (Lipinski definition) is 4. The van der Waals surface area contributed by atoms with E-state index in [1.165, 1.54) is 0 Å². The molecule has 0 aliphatic carbocycles. The van der Waals surface area contributed by atoms with Crippen molar-refractivity contribution in [3.05, 3.63) is 12.2 Å². The maximum Gasteiger partial charge on any atom is 0.333 e. The number of carbonyl (C=O) groups is 2. The minimum absolute atomic E-state index is 0.0953. The fraction of sp³-hybridized carbons (Fsp3) is 0.692. The largest absolute Gasteiger partial charge is 0.460 e. The Labute approximate surface area is 114 Å². The Kier molecular flexibility index (Phi) is 6.35. The fourth-order valence-corrected chi connectivity index (χ4v) is 1.80. The predicted molar refractivity (Wildman–Crippen MR) is 72.9 cm³/mol. The lowest BCUT2D eigenvalue weighted by Gasteiger charge is -2.33. The van der Waals surface area contributed by atoms with Crippen LogP contribution in [-0.2, 0) is 9.53 Å². The fourth-order valence-electron chi connectivity index (χ4n) is 1.80. The molecular weight excluding hydrogens is 246 g/mol. The molecular formula is C13H23N3O3. The number of hydrogen-bond donors (Lipinski definition) is 1. The van der Waals surface area contributed by atoms with Gasteiger partial charge in [0.05, 0.1) is 6.54 Å². The molecule has 1 aliphatic heterocycles. The van der Waals surface area contributed by atoms with Crippen LogP contribution in [0.5, 0.6) is 0 Å². The first-order chi connectivity index (χ1) is 9.04. The van der Waals surface area contributed by atoms with E-state index in [0.717, 1.165) is 32.7 Å². The van der Waals surface area contributed by atoms with E-state index in [1.807, 2.05) is 0 Å². The van der Waals surface area contributed by atoms with Gasteiger partial charge >= 0.3 is 12.0 Å². The summed E-state index contributed by atoms with van der Waals surface area (Å²) in [5.74, 6) is -0.425. The molecule has 6 nitrogen and oxygen atoms in total. The molecule has 1 rings (SSSR count). The summed E-state index contributed by atoms with van der Waals surface area (Å²) in [6.45, 7) is 12.0. The van der Waals surface area contributed by atoms with Gasteiger partial charge in [-0.05, 0) is 13.5 Å². The second kappa shape index (κ2) is 7.78. The summed E-state index contributed by atoms with van der Waals surface area (Å²) in [6.07, 6.45) is 0. The van der Waals surface area contributed by atoms with Crippen LogP contribution in [-0.4, -0.2) is 67.7 Å². The quantitative estimate of drug-likeness (QED) is 0.447. The molecule has 0 aromatic carbocycles. The van der Waals surface area contributed by atoms with Crippen LogP contribution in [0.3, 0.4) is 0 Å². The summed E-state index contributed by atoms with van der Waals surface area (Å²) in [5.41, 5.74) is 0.363. The molecule has 1 heterocycles. The van der Waals surface area contributed by atoms with E-state index in [1.54, 1.807) is 11.8 Å². The third-order valence-corrected chi connectivity index (χ3v) is 3.07. The van der Waals surface area contributed by atoms with E-state index in [-0.39, 0.29) is 12.6 Å². The van der Waals surface area contributed by atoms with Crippen LogP contribution in [0.2, 0.25) is 0 Å². The summed E-state index contributed by atoms with van der Waals surface area (Å²) < 4.78 is 4.90. The number of piperazine rings is 1. The van der Waals surface area contributed by atoms with Crippen molar-refractivity contribution in [2.24, 2.45) is 0 Å². The van der Waals surface area contributed by atoms with E-state index in [2.05, 4.69) is 23.7 Å². The number of nitrogens with one attached hydrogen (secondary N) is 1. The van der Waals surface area contributed by atoms with Gasteiger partial charge in [-0.3, -0.25) is 0 Å². The molecule has 1 N–H and O–H groups in total. The second-order valence-corrected chi connectivity index (χ2v) is 4.57. The van der Waals surface area contributed by atoms with Crippen molar-refractivity contribution in [1.29, 1.82) is 0 Å². The van der Waals surface area contributed by atoms with Crippen molar-refractivity contribution >= 4 is 12.0 Å². The van der Waals surface area contributed by atoms with E-state index in [0.29, 0.717) is 12.1 Å². The highest BCUT2D eigenvalue weighted by Crippen LogP contribution is 2.01. The summed E-state index contributed by atoms with van der Waals surface area (Å²) in [5, 5.41) is 2.74. The van der Waals surface area contributed by atoms with Crippen molar-refractivity contribution < 1.29 is 14.3 Å². The lowest BCUT2D eigenvalue weighted by Crippen LogP contribution is -2.52. The van der Waals surface area contributed by atoms with Crippen molar-refractivity contribution in [3.63, 3.8) is 0 Å². The average Bonchev–Trinajstić information content (AvgIpc) is 2.43. The predicted octanol–water partition coefficient (Wildman–Crippen LogP) is 0.453. The van der Waals surface area contributed by atoms with E-state index >= 15 is 0 Å². The van der Waals surface area contributed by atoms with Crippen LogP contribution in [0, 0.1) is 0 Å². The van der Waals surface area contributed by atoms with Crippen LogP contribution in [0.25, 0.3) is 0 Å². The normalized spacial score (nSPS) is 16.0. The maximum atomic E-state index is 11.8. The lowest BCUT2D eigenvalue weighted by atomic mass is 10.3. The van der Waals surface area contributed by atoms with Crippen LogP contribution in [0.1, 0.15) is 13.8 Å². The number of likely N-dealkylation sites (N-methyl/N-ethyl adjacent to an activating group) is 1. The topological polar surface area (TPSA) is 61.9 Å². The molecule has 0 radical (unpaired) electrons. The zero-order valence-electron chi connectivity index (χ0n) is 11.8. The molecule has 0 unspecified atom stereocenters. The Morgan fingerprint density at radius 1 is 1.26 bits per heavy atom. The number of nitrogens with zero attached hydrogens (tertiary/aromatic N) is 2. The number of carbonyl (C=O) groups excluding carboxylic acids is 2. The molecule has 0 aromatic rings. The second-order valence-electron chi connectivity index (χ2n) is 4.57. The van der Waals surface area contributed by atoms with Gasteiger partial charge in [0.1, 0.15) is 6.61 Å². The number of rotatable bonds is 5. The van der Waals surface area contributed by atoms with E-state index in [9.17, 15) is 9.59 Å². The number of amides is 2. The van der Waals surface area contributed by atoms with E-state index < -0.39 is 5.97 Å². The standard InChI is InChI=1S/C13H23N3O3/c1-4-15-6-8-16(9-7-15)13(18)14-5-10-19-12(17)11(2)3/h2,4-10H2,1,3H3,(H,14,18). The number of ether oxygens (including phenoxy) is 1. The Bertz CT molecular complexity index is 336. The van der Waals surface area contributed by atoms with Gasteiger partial charge in [-0.15, -0.1) is 0 Å². The first-order valence-electron chi connectivity index (χ1n) is 6.62. The third kappa shape index (κ3) is 5.30. The Balaban J connectivity index is 2.15. The summed E-state index contributed by atoms with van der Waals surface area (Å²) in [6, 6.07) is -0.0953. The number of esters is 1. The molecule has 108 valence electrons. The molecule has 0 spiro atoms. The molecule has 1 fully saturated rings. The van der Waals surface area contributed by atoms with Gasteiger partial charge in [-0.1, -0.05) is 13.5 Å². The Hall–Kier alpha value is -1.56. The molecule has 0 saturated carbocycles. The molecule has 0 bridgehead atoms. The van der Waals surface area contributed by atoms with Crippen molar-refractivity contribution in [2.75, 3.05) is 45.9 Å². The van der Waals surface area contributed by atoms with Crippen molar-refractivity contribution in [1.82, 2.24) is 15.1 Å². The summed E-state index contributed by atoms with van der Waals surface area (Å²) >= 11 is 0. The van der Waals surface area contributed by atoms with Gasteiger partial charge in [-0.25, -0.2) is 9.59 Å². The molecule has 6 heteroatoms. The average molecular weight is 269 g/mol. The van der Waals surface area contributed by atoms with Gasteiger partial charge in [0.15, 0.2) is 0 Å². The third-order valence-electron chi connectivity index (χ3n) is 3.07. The van der Waals surface area contributed by atoms with Gasteiger partial charge in [-0.2, -0.15) is 0 Å².